The summed E-state index contributed by atoms with van der Waals surface area (Å²) in [5.74, 6) is -1.95. The van der Waals surface area contributed by atoms with Gasteiger partial charge in [0.1, 0.15) is 0 Å². The zero-order valence-electron chi connectivity index (χ0n) is 10.4. The van der Waals surface area contributed by atoms with E-state index in [1.54, 1.807) is 6.92 Å². The molecule has 20 heavy (non-hydrogen) atoms. The van der Waals surface area contributed by atoms with E-state index in [0.717, 1.165) is 12.1 Å². The number of hydrogen-bond donors (Lipinski definition) is 4. The smallest absolute Gasteiger partial charge is 0.193 e. The number of aromatic hydroxyl groups is 4. The SMILES string of the molecule is Cc1c(C(=O)c2ccc(O)c(O)c2)cc(O)c(O)c1Br. The van der Waals surface area contributed by atoms with E-state index in [0.29, 0.717) is 5.56 Å². The van der Waals surface area contributed by atoms with Crippen LogP contribution in [0.3, 0.4) is 0 Å². The van der Waals surface area contributed by atoms with Crippen molar-refractivity contribution < 1.29 is 25.2 Å². The highest BCUT2D eigenvalue weighted by Gasteiger charge is 2.19. The predicted octanol–water partition coefficient (Wildman–Crippen LogP) is 2.81. The minimum atomic E-state index is -0.450. The Balaban J connectivity index is 2.56. The highest BCUT2D eigenvalue weighted by molar-refractivity contribution is 9.10. The molecule has 0 radical (unpaired) electrons. The molecule has 0 aliphatic heterocycles. The maximum Gasteiger partial charge on any atom is 0.193 e. The Morgan fingerprint density at radius 2 is 1.65 bits per heavy atom. The molecule has 0 aliphatic rings. The van der Waals surface area contributed by atoms with Gasteiger partial charge in [0.15, 0.2) is 28.8 Å². The van der Waals surface area contributed by atoms with Gasteiger partial charge in [0.05, 0.1) is 4.47 Å². The first-order valence-corrected chi connectivity index (χ1v) is 6.40. The maximum atomic E-state index is 12.3. The number of rotatable bonds is 2. The van der Waals surface area contributed by atoms with Gasteiger partial charge < -0.3 is 20.4 Å². The van der Waals surface area contributed by atoms with Crippen molar-refractivity contribution in [2.45, 2.75) is 6.92 Å². The average molecular weight is 339 g/mol. The quantitative estimate of drug-likeness (QED) is 0.498. The van der Waals surface area contributed by atoms with E-state index in [1.807, 2.05) is 0 Å². The van der Waals surface area contributed by atoms with Gasteiger partial charge in [-0.3, -0.25) is 4.79 Å². The molecule has 0 unspecified atom stereocenters. The van der Waals surface area contributed by atoms with Crippen LogP contribution >= 0.6 is 15.9 Å². The van der Waals surface area contributed by atoms with E-state index in [1.165, 1.54) is 12.1 Å². The van der Waals surface area contributed by atoms with Crippen LogP contribution in [-0.2, 0) is 0 Å². The van der Waals surface area contributed by atoms with Gasteiger partial charge in [0, 0.05) is 11.1 Å². The molecule has 0 aromatic heterocycles. The molecule has 0 heterocycles. The highest BCUT2D eigenvalue weighted by Crippen LogP contribution is 2.38. The van der Waals surface area contributed by atoms with Gasteiger partial charge >= 0.3 is 0 Å². The van der Waals surface area contributed by atoms with E-state index in [9.17, 15) is 25.2 Å². The summed E-state index contributed by atoms with van der Waals surface area (Å²) in [7, 11) is 0. The Hall–Kier alpha value is -2.21. The van der Waals surface area contributed by atoms with Crippen LogP contribution < -0.4 is 0 Å². The largest absolute Gasteiger partial charge is 0.504 e. The van der Waals surface area contributed by atoms with Crippen molar-refractivity contribution in [1.29, 1.82) is 0 Å². The van der Waals surface area contributed by atoms with E-state index >= 15 is 0 Å². The molecule has 0 saturated carbocycles. The number of benzene rings is 2. The molecule has 104 valence electrons. The van der Waals surface area contributed by atoms with E-state index in [4.69, 9.17) is 0 Å². The summed E-state index contributed by atoms with van der Waals surface area (Å²) in [4.78, 5) is 12.3. The van der Waals surface area contributed by atoms with Gasteiger partial charge in [0.2, 0.25) is 0 Å². The first-order chi connectivity index (χ1) is 9.32. The molecule has 0 spiro atoms. The first-order valence-electron chi connectivity index (χ1n) is 5.60. The van der Waals surface area contributed by atoms with E-state index in [-0.39, 0.29) is 27.1 Å². The molecule has 2 rings (SSSR count). The van der Waals surface area contributed by atoms with Crippen LogP contribution in [0, 0.1) is 6.92 Å². The Bertz CT molecular complexity index is 709. The summed E-state index contributed by atoms with van der Waals surface area (Å²) in [5.41, 5.74) is 0.788. The average Bonchev–Trinajstić information content (AvgIpc) is 2.43. The Kier molecular flexibility index (Phi) is 3.59. The number of hydrogen-bond acceptors (Lipinski definition) is 5. The lowest BCUT2D eigenvalue weighted by atomic mass is 9.98. The molecular weight excluding hydrogens is 328 g/mol. The predicted molar refractivity (Wildman–Crippen MR) is 75.4 cm³/mol. The summed E-state index contributed by atoms with van der Waals surface area (Å²) in [6, 6.07) is 4.85. The Morgan fingerprint density at radius 3 is 2.25 bits per heavy atom. The molecular formula is C14H11BrO5. The fourth-order valence-corrected chi connectivity index (χ4v) is 2.19. The van der Waals surface area contributed by atoms with Crippen LogP contribution in [0.5, 0.6) is 23.0 Å². The normalized spacial score (nSPS) is 10.5. The van der Waals surface area contributed by atoms with Crippen LogP contribution in [0.4, 0.5) is 0 Å². The van der Waals surface area contributed by atoms with Gasteiger partial charge in [-0.05, 0) is 52.7 Å². The van der Waals surface area contributed by atoms with Gasteiger partial charge in [-0.2, -0.15) is 0 Å². The number of phenolic OH excluding ortho intramolecular Hbond substituents is 4. The zero-order chi connectivity index (χ0) is 15.0. The summed E-state index contributed by atoms with van der Waals surface area (Å²) in [6.45, 7) is 1.61. The fourth-order valence-electron chi connectivity index (χ4n) is 1.78. The second-order valence-electron chi connectivity index (χ2n) is 4.26. The molecule has 0 aliphatic carbocycles. The minimum Gasteiger partial charge on any atom is -0.504 e. The molecule has 5 nitrogen and oxygen atoms in total. The summed E-state index contributed by atoms with van der Waals surface area (Å²) in [6.07, 6.45) is 0. The Morgan fingerprint density at radius 1 is 1.00 bits per heavy atom. The van der Waals surface area contributed by atoms with Gasteiger partial charge in [-0.1, -0.05) is 0 Å². The van der Waals surface area contributed by atoms with Gasteiger partial charge in [-0.25, -0.2) is 0 Å². The van der Waals surface area contributed by atoms with Crippen molar-refractivity contribution in [3.8, 4) is 23.0 Å². The number of carbonyl (C=O) groups is 1. The van der Waals surface area contributed by atoms with Gasteiger partial charge in [0.25, 0.3) is 0 Å². The topological polar surface area (TPSA) is 98.0 Å². The van der Waals surface area contributed by atoms with Crippen LogP contribution in [0.2, 0.25) is 0 Å². The highest BCUT2D eigenvalue weighted by atomic mass is 79.9. The standard InChI is InChI=1S/C14H11BrO5/c1-6-8(5-11(18)14(20)12(6)15)13(19)7-2-3-9(16)10(17)4-7/h2-5,16-18,20H,1H3. The zero-order valence-corrected chi connectivity index (χ0v) is 12.0. The first kappa shape index (κ1) is 14.2. The third-order valence-electron chi connectivity index (χ3n) is 2.95. The van der Waals surface area contributed by atoms with Crippen molar-refractivity contribution >= 4 is 21.7 Å². The van der Waals surface area contributed by atoms with Crippen LogP contribution in [0.15, 0.2) is 28.7 Å². The minimum absolute atomic E-state index is 0.153. The molecule has 0 bridgehead atoms. The lowest BCUT2D eigenvalue weighted by Crippen LogP contribution is -2.04. The maximum absolute atomic E-state index is 12.3. The van der Waals surface area contributed by atoms with Crippen molar-refractivity contribution in [2.24, 2.45) is 0 Å². The van der Waals surface area contributed by atoms with Gasteiger partial charge in [-0.15, -0.1) is 0 Å². The van der Waals surface area contributed by atoms with Crippen molar-refractivity contribution in [1.82, 2.24) is 0 Å². The summed E-state index contributed by atoms with van der Waals surface area (Å²) in [5, 5.41) is 37.8. The fraction of sp³-hybridized carbons (Fsp3) is 0.0714. The second-order valence-corrected chi connectivity index (χ2v) is 5.06. The van der Waals surface area contributed by atoms with Crippen molar-refractivity contribution in [3.05, 3.63) is 45.4 Å². The molecule has 0 saturated heterocycles. The lowest BCUT2D eigenvalue weighted by molar-refractivity contribution is 0.103. The molecule has 2 aromatic carbocycles. The van der Waals surface area contributed by atoms with Crippen molar-refractivity contribution in [2.75, 3.05) is 0 Å². The molecule has 2 aromatic rings. The summed E-state index contributed by atoms with van der Waals surface area (Å²) < 4.78 is 0.226. The third-order valence-corrected chi connectivity index (χ3v) is 3.92. The van der Waals surface area contributed by atoms with Crippen molar-refractivity contribution in [3.63, 3.8) is 0 Å². The monoisotopic (exact) mass is 338 g/mol. The number of phenols is 4. The number of carbonyl (C=O) groups excluding carboxylic acids is 1. The molecule has 4 N–H and O–H groups in total. The summed E-state index contributed by atoms with van der Waals surface area (Å²) >= 11 is 3.10. The lowest BCUT2D eigenvalue weighted by Gasteiger charge is -2.10. The third kappa shape index (κ3) is 2.30. The number of ketones is 1. The molecule has 0 atom stereocenters. The van der Waals surface area contributed by atoms with E-state index in [2.05, 4.69) is 15.9 Å². The molecule has 6 heteroatoms. The van der Waals surface area contributed by atoms with Crippen LogP contribution in [0.1, 0.15) is 21.5 Å². The molecule has 0 amide bonds. The van der Waals surface area contributed by atoms with E-state index < -0.39 is 17.3 Å². The molecule has 0 fully saturated rings. The van der Waals surface area contributed by atoms with Crippen LogP contribution in [0.25, 0.3) is 0 Å². The second kappa shape index (κ2) is 5.05. The van der Waals surface area contributed by atoms with Crippen LogP contribution in [-0.4, -0.2) is 26.2 Å². The number of halogens is 1. The Labute approximate surface area is 122 Å².